The normalized spacial score (nSPS) is 11.4. The largest absolute Gasteiger partial charge is 0.383 e. The molecule has 0 atom stereocenters. The zero-order chi connectivity index (χ0) is 13.2. The lowest BCUT2D eigenvalue weighted by atomic mass is 10.1. The number of aromatic nitrogens is 1. The van der Waals surface area contributed by atoms with Crippen LogP contribution in [0.15, 0.2) is 34.1 Å². The molecule has 0 radical (unpaired) electrons. The van der Waals surface area contributed by atoms with E-state index in [0.717, 1.165) is 10.1 Å². The lowest BCUT2D eigenvalue weighted by molar-refractivity contribution is 0.628. The van der Waals surface area contributed by atoms with E-state index in [2.05, 4.69) is 15.5 Å². The molecule has 19 heavy (non-hydrogen) atoms. The molecule has 0 unspecified atom stereocenters. The van der Waals surface area contributed by atoms with Crippen LogP contribution in [-0.2, 0) is 0 Å². The highest BCUT2D eigenvalue weighted by molar-refractivity contribution is 7.17. The van der Waals surface area contributed by atoms with Gasteiger partial charge in [-0.2, -0.15) is 5.10 Å². The van der Waals surface area contributed by atoms with Crippen molar-refractivity contribution in [3.63, 3.8) is 0 Å². The molecule has 4 nitrogen and oxygen atoms in total. The number of thiazole rings is 1. The van der Waals surface area contributed by atoms with Crippen molar-refractivity contribution in [2.24, 2.45) is 5.10 Å². The summed E-state index contributed by atoms with van der Waals surface area (Å²) in [5.74, 6) is 0.143. The van der Waals surface area contributed by atoms with Gasteiger partial charge in [-0.15, -0.1) is 22.7 Å². The topological polar surface area (TPSA) is 63.3 Å². The highest BCUT2D eigenvalue weighted by Gasteiger charge is 2.06. The fourth-order valence-corrected chi connectivity index (χ4v) is 3.01. The Labute approximate surface area is 116 Å². The van der Waals surface area contributed by atoms with Gasteiger partial charge in [0.1, 0.15) is 11.6 Å². The molecule has 1 aromatic carbocycles. The Morgan fingerprint density at radius 1 is 1.32 bits per heavy atom. The van der Waals surface area contributed by atoms with Crippen LogP contribution in [0.4, 0.5) is 15.3 Å². The Bertz CT molecular complexity index is 747. The summed E-state index contributed by atoms with van der Waals surface area (Å²) in [4.78, 5) is 4.00. The molecule has 2 heterocycles. The van der Waals surface area contributed by atoms with Crippen molar-refractivity contribution in [3.8, 4) is 0 Å². The molecule has 2 aromatic heterocycles. The summed E-state index contributed by atoms with van der Waals surface area (Å²) in [6.07, 6.45) is 1.46. The average Bonchev–Trinajstić information content (AvgIpc) is 3.01. The average molecular weight is 292 g/mol. The van der Waals surface area contributed by atoms with Gasteiger partial charge in [0.15, 0.2) is 0 Å². The van der Waals surface area contributed by atoms with Gasteiger partial charge < -0.3 is 5.73 Å². The third kappa shape index (κ3) is 2.42. The SMILES string of the molecule is Nc1csc(NN=Cc2c(F)ccc3sccc23)n1. The maximum absolute atomic E-state index is 13.8. The Kier molecular flexibility index (Phi) is 3.14. The number of nitrogens with zero attached hydrogens (tertiary/aromatic N) is 2. The van der Waals surface area contributed by atoms with Gasteiger partial charge in [-0.05, 0) is 23.6 Å². The van der Waals surface area contributed by atoms with Crippen LogP contribution in [-0.4, -0.2) is 11.2 Å². The number of thiophene rings is 1. The summed E-state index contributed by atoms with van der Waals surface area (Å²) in [5, 5.41) is 9.06. The summed E-state index contributed by atoms with van der Waals surface area (Å²) in [5.41, 5.74) is 8.69. The number of hydrogen-bond donors (Lipinski definition) is 2. The van der Waals surface area contributed by atoms with Crippen LogP contribution in [0.3, 0.4) is 0 Å². The molecule has 0 spiro atoms. The summed E-state index contributed by atoms with van der Waals surface area (Å²) >= 11 is 2.91. The molecule has 0 fully saturated rings. The summed E-state index contributed by atoms with van der Waals surface area (Å²) in [6, 6.07) is 5.09. The minimum absolute atomic E-state index is 0.296. The number of rotatable bonds is 3. The standard InChI is InChI=1S/C12H9FN4S2/c13-9-1-2-10-7(3-4-18-10)8(9)5-15-17-12-16-11(14)6-19-12/h1-6H,14H2,(H,16,17). The molecule has 0 saturated carbocycles. The molecule has 3 aromatic rings. The van der Waals surface area contributed by atoms with Gasteiger partial charge in [0.2, 0.25) is 5.13 Å². The van der Waals surface area contributed by atoms with E-state index in [1.54, 1.807) is 22.8 Å². The van der Waals surface area contributed by atoms with E-state index >= 15 is 0 Å². The second kappa shape index (κ2) is 4.94. The number of hydrogen-bond acceptors (Lipinski definition) is 6. The monoisotopic (exact) mass is 292 g/mol. The number of nitrogens with one attached hydrogen (secondary N) is 1. The van der Waals surface area contributed by atoms with Crippen LogP contribution < -0.4 is 11.2 Å². The Morgan fingerprint density at radius 3 is 3.00 bits per heavy atom. The van der Waals surface area contributed by atoms with Crippen molar-refractivity contribution in [1.82, 2.24) is 4.98 Å². The molecular weight excluding hydrogens is 283 g/mol. The van der Waals surface area contributed by atoms with E-state index in [0.29, 0.717) is 16.5 Å². The molecule has 3 N–H and O–H groups in total. The van der Waals surface area contributed by atoms with Crippen LogP contribution in [0.1, 0.15) is 5.56 Å². The van der Waals surface area contributed by atoms with E-state index in [4.69, 9.17) is 5.73 Å². The van der Waals surface area contributed by atoms with Crippen LogP contribution in [0.2, 0.25) is 0 Å². The fourth-order valence-electron chi connectivity index (χ4n) is 1.66. The van der Waals surface area contributed by atoms with Crippen molar-refractivity contribution in [2.75, 3.05) is 11.2 Å². The first-order valence-electron chi connectivity index (χ1n) is 5.40. The first kappa shape index (κ1) is 12.1. The Balaban J connectivity index is 1.88. The number of benzene rings is 1. The van der Waals surface area contributed by atoms with Crippen LogP contribution in [0, 0.1) is 5.82 Å². The molecule has 0 aliphatic carbocycles. The van der Waals surface area contributed by atoms with Gasteiger partial charge in [-0.25, -0.2) is 9.37 Å². The van der Waals surface area contributed by atoms with Gasteiger partial charge in [-0.1, -0.05) is 0 Å². The van der Waals surface area contributed by atoms with E-state index in [-0.39, 0.29) is 5.82 Å². The number of halogens is 1. The lowest BCUT2D eigenvalue weighted by Gasteiger charge is -1.99. The second-order valence-electron chi connectivity index (χ2n) is 3.74. The number of nitrogens with two attached hydrogens (primary N) is 1. The summed E-state index contributed by atoms with van der Waals surface area (Å²) in [7, 11) is 0. The molecule has 0 saturated heterocycles. The highest BCUT2D eigenvalue weighted by Crippen LogP contribution is 2.25. The minimum Gasteiger partial charge on any atom is -0.383 e. The Hall–Kier alpha value is -1.99. The van der Waals surface area contributed by atoms with Crippen molar-refractivity contribution in [3.05, 3.63) is 40.3 Å². The fraction of sp³-hybridized carbons (Fsp3) is 0. The zero-order valence-electron chi connectivity index (χ0n) is 9.63. The second-order valence-corrected chi connectivity index (χ2v) is 5.55. The van der Waals surface area contributed by atoms with Crippen LogP contribution in [0.5, 0.6) is 0 Å². The van der Waals surface area contributed by atoms with Gasteiger partial charge in [0.05, 0.1) is 6.21 Å². The first-order valence-corrected chi connectivity index (χ1v) is 7.16. The smallest absolute Gasteiger partial charge is 0.205 e. The highest BCUT2D eigenvalue weighted by atomic mass is 32.1. The number of nitrogen functional groups attached to an aromatic ring is 1. The van der Waals surface area contributed by atoms with Gasteiger partial charge in [-0.3, -0.25) is 5.43 Å². The molecule has 96 valence electrons. The summed E-state index contributed by atoms with van der Waals surface area (Å²) in [6.45, 7) is 0. The first-order chi connectivity index (χ1) is 9.24. The van der Waals surface area contributed by atoms with Gasteiger partial charge in [0.25, 0.3) is 0 Å². The number of fused-ring (bicyclic) bond motifs is 1. The quantitative estimate of drug-likeness (QED) is 0.573. The molecule has 7 heteroatoms. The molecule has 0 aliphatic rings. The predicted molar refractivity (Wildman–Crippen MR) is 79.5 cm³/mol. The molecule has 0 amide bonds. The lowest BCUT2D eigenvalue weighted by Crippen LogP contribution is -1.94. The minimum atomic E-state index is -0.296. The Morgan fingerprint density at radius 2 is 2.21 bits per heavy atom. The molecular formula is C12H9FN4S2. The maximum atomic E-state index is 13.8. The van der Waals surface area contributed by atoms with Gasteiger partial charge in [0, 0.05) is 21.0 Å². The van der Waals surface area contributed by atoms with Crippen LogP contribution >= 0.6 is 22.7 Å². The van der Waals surface area contributed by atoms with E-state index in [9.17, 15) is 4.39 Å². The maximum Gasteiger partial charge on any atom is 0.205 e. The van der Waals surface area contributed by atoms with E-state index < -0.39 is 0 Å². The number of anilines is 2. The zero-order valence-corrected chi connectivity index (χ0v) is 11.3. The van der Waals surface area contributed by atoms with Crippen LogP contribution in [0.25, 0.3) is 10.1 Å². The molecule has 3 rings (SSSR count). The van der Waals surface area contributed by atoms with E-state index in [1.165, 1.54) is 23.6 Å². The molecule has 0 bridgehead atoms. The van der Waals surface area contributed by atoms with Crippen molar-refractivity contribution < 1.29 is 4.39 Å². The molecule has 0 aliphatic heterocycles. The third-order valence-corrected chi connectivity index (χ3v) is 4.15. The van der Waals surface area contributed by atoms with Crippen molar-refractivity contribution >= 4 is 49.9 Å². The number of hydrazone groups is 1. The van der Waals surface area contributed by atoms with Crippen molar-refractivity contribution in [2.45, 2.75) is 0 Å². The van der Waals surface area contributed by atoms with E-state index in [1.807, 2.05) is 11.4 Å². The van der Waals surface area contributed by atoms with Crippen molar-refractivity contribution in [1.29, 1.82) is 0 Å². The predicted octanol–water partition coefficient (Wildman–Crippen LogP) is 3.53. The summed E-state index contributed by atoms with van der Waals surface area (Å²) < 4.78 is 14.8. The third-order valence-electron chi connectivity index (χ3n) is 2.50. The van der Waals surface area contributed by atoms with Gasteiger partial charge >= 0.3 is 0 Å².